The van der Waals surface area contributed by atoms with Gasteiger partial charge in [0.15, 0.2) is 0 Å². The second kappa shape index (κ2) is 6.83. The van der Waals surface area contributed by atoms with E-state index in [1.165, 1.54) is 17.3 Å². The summed E-state index contributed by atoms with van der Waals surface area (Å²) in [5, 5.41) is 2.62. The summed E-state index contributed by atoms with van der Waals surface area (Å²) in [4.78, 5) is 30.5. The fraction of sp³-hybridized carbons (Fsp3) is 0.316. The number of pyridine rings is 1. The van der Waals surface area contributed by atoms with Crippen molar-refractivity contribution in [2.75, 3.05) is 11.9 Å². The number of rotatable bonds is 2. The van der Waals surface area contributed by atoms with Gasteiger partial charge in [0.05, 0.1) is 17.9 Å². The molecule has 1 saturated heterocycles. The number of carbonyl (C=O) groups excluding carboxylic acids is 2. The summed E-state index contributed by atoms with van der Waals surface area (Å²) in [5.74, 6) is -1.10. The Hall–Kier alpha value is -2.69. The quantitative estimate of drug-likeness (QED) is 0.864. The van der Waals surface area contributed by atoms with Crippen LogP contribution in [0, 0.1) is 13.8 Å². The minimum absolute atomic E-state index is 0.0317. The maximum Gasteiger partial charge on any atom is 0.313 e. The summed E-state index contributed by atoms with van der Waals surface area (Å²) in [5.41, 5.74) is 3.97. The van der Waals surface area contributed by atoms with Crippen LogP contribution >= 0.6 is 0 Å². The first-order valence-corrected chi connectivity index (χ1v) is 8.15. The second-order valence-electron chi connectivity index (χ2n) is 6.27. The van der Waals surface area contributed by atoms with Crippen LogP contribution in [0.1, 0.15) is 35.6 Å². The van der Waals surface area contributed by atoms with Crippen molar-refractivity contribution >= 4 is 17.5 Å². The van der Waals surface area contributed by atoms with Gasteiger partial charge in [-0.3, -0.25) is 14.6 Å². The molecule has 1 N–H and O–H groups in total. The summed E-state index contributed by atoms with van der Waals surface area (Å²) in [7, 11) is 0. The number of nitrogens with zero attached hydrogens (tertiary/aromatic N) is 2. The number of amides is 2. The third-order valence-corrected chi connectivity index (χ3v) is 4.26. The highest BCUT2D eigenvalue weighted by molar-refractivity contribution is 6.39. The third-order valence-electron chi connectivity index (χ3n) is 4.26. The molecule has 1 aliphatic heterocycles. The van der Waals surface area contributed by atoms with Crippen molar-refractivity contribution < 1.29 is 9.59 Å². The maximum atomic E-state index is 12.6. The van der Waals surface area contributed by atoms with Crippen molar-refractivity contribution in [2.24, 2.45) is 0 Å². The number of likely N-dealkylation sites (tertiary alicyclic amines) is 1. The Balaban J connectivity index is 1.77. The first-order valence-electron chi connectivity index (χ1n) is 8.15. The molecule has 0 aliphatic carbocycles. The van der Waals surface area contributed by atoms with Crippen molar-refractivity contribution in [1.82, 2.24) is 9.88 Å². The van der Waals surface area contributed by atoms with E-state index >= 15 is 0 Å². The van der Waals surface area contributed by atoms with Gasteiger partial charge in [-0.1, -0.05) is 29.3 Å². The van der Waals surface area contributed by atoms with Crippen LogP contribution in [-0.2, 0) is 9.59 Å². The number of carbonyl (C=O) groups is 2. The summed E-state index contributed by atoms with van der Waals surface area (Å²) in [6.45, 7) is 4.70. The van der Waals surface area contributed by atoms with E-state index in [2.05, 4.69) is 28.5 Å². The van der Waals surface area contributed by atoms with Crippen LogP contribution in [0.5, 0.6) is 0 Å². The molecule has 3 rings (SSSR count). The normalized spacial score (nSPS) is 16.9. The van der Waals surface area contributed by atoms with Crippen molar-refractivity contribution in [1.29, 1.82) is 0 Å². The molecule has 124 valence electrons. The summed E-state index contributed by atoms with van der Waals surface area (Å²) in [6.07, 6.45) is 4.93. The van der Waals surface area contributed by atoms with Gasteiger partial charge in [0.25, 0.3) is 0 Å². The number of hydrogen-bond acceptors (Lipinski definition) is 3. The fourth-order valence-electron chi connectivity index (χ4n) is 3.31. The van der Waals surface area contributed by atoms with Gasteiger partial charge in [0, 0.05) is 12.7 Å². The second-order valence-corrected chi connectivity index (χ2v) is 6.27. The van der Waals surface area contributed by atoms with E-state index in [9.17, 15) is 9.59 Å². The van der Waals surface area contributed by atoms with Gasteiger partial charge in [-0.25, -0.2) is 0 Å². The fourth-order valence-corrected chi connectivity index (χ4v) is 3.31. The predicted molar refractivity (Wildman–Crippen MR) is 92.5 cm³/mol. The van der Waals surface area contributed by atoms with E-state index < -0.39 is 11.8 Å². The van der Waals surface area contributed by atoms with Gasteiger partial charge < -0.3 is 10.2 Å². The summed E-state index contributed by atoms with van der Waals surface area (Å²) >= 11 is 0. The molecule has 1 aliphatic rings. The Labute approximate surface area is 141 Å². The van der Waals surface area contributed by atoms with Gasteiger partial charge in [-0.05, 0) is 44.4 Å². The lowest BCUT2D eigenvalue weighted by atomic mass is 9.99. The predicted octanol–water partition coefficient (Wildman–Crippen LogP) is 3.00. The minimum Gasteiger partial charge on any atom is -0.327 e. The number of aromatic nitrogens is 1. The van der Waals surface area contributed by atoms with Crippen LogP contribution in [0.25, 0.3) is 0 Å². The van der Waals surface area contributed by atoms with Crippen molar-refractivity contribution in [3.05, 3.63) is 59.4 Å². The minimum atomic E-state index is -0.612. The lowest BCUT2D eigenvalue weighted by molar-refractivity contribution is -0.143. The molecule has 0 spiro atoms. The number of nitrogens with one attached hydrogen (secondary N) is 1. The van der Waals surface area contributed by atoms with Gasteiger partial charge in [-0.2, -0.15) is 0 Å². The van der Waals surface area contributed by atoms with Crippen molar-refractivity contribution in [2.45, 2.75) is 32.7 Å². The molecule has 24 heavy (non-hydrogen) atoms. The Kier molecular flexibility index (Phi) is 4.60. The molecule has 0 bridgehead atoms. The third kappa shape index (κ3) is 3.45. The van der Waals surface area contributed by atoms with Gasteiger partial charge in [0.2, 0.25) is 0 Å². The van der Waals surface area contributed by atoms with Crippen LogP contribution in [0.15, 0.2) is 42.7 Å². The molecule has 1 aromatic carbocycles. The van der Waals surface area contributed by atoms with Crippen LogP contribution in [0.3, 0.4) is 0 Å². The first-order chi connectivity index (χ1) is 11.5. The molecule has 2 aromatic rings. The highest BCUT2D eigenvalue weighted by Crippen LogP contribution is 2.33. The standard InChI is InChI=1S/C19H21N3O2/c1-13-9-14(2)11-15(10-13)17-6-4-8-22(17)19(24)18(23)21-16-5-3-7-20-12-16/h3,5,7,9-12,17H,4,6,8H2,1-2H3,(H,21,23)/t17-/m0/s1. The molecule has 5 nitrogen and oxygen atoms in total. The number of benzene rings is 1. The Bertz CT molecular complexity index is 738. The van der Waals surface area contributed by atoms with E-state index in [4.69, 9.17) is 0 Å². The van der Waals surface area contributed by atoms with E-state index in [1.54, 1.807) is 23.2 Å². The van der Waals surface area contributed by atoms with Gasteiger partial charge >= 0.3 is 11.8 Å². The highest BCUT2D eigenvalue weighted by atomic mass is 16.2. The average molecular weight is 323 g/mol. The average Bonchev–Trinajstić information content (AvgIpc) is 3.03. The van der Waals surface area contributed by atoms with E-state index in [-0.39, 0.29) is 6.04 Å². The Morgan fingerprint density at radius 3 is 2.62 bits per heavy atom. The van der Waals surface area contributed by atoms with Crippen molar-refractivity contribution in [3.63, 3.8) is 0 Å². The van der Waals surface area contributed by atoms with E-state index in [0.29, 0.717) is 12.2 Å². The molecule has 5 heteroatoms. The molecule has 2 amide bonds. The summed E-state index contributed by atoms with van der Waals surface area (Å²) < 4.78 is 0. The lowest BCUT2D eigenvalue weighted by Gasteiger charge is -2.25. The molecule has 0 unspecified atom stereocenters. The molecular weight excluding hydrogens is 302 g/mol. The molecule has 1 aromatic heterocycles. The van der Waals surface area contributed by atoms with Gasteiger partial charge in [-0.15, -0.1) is 0 Å². The van der Waals surface area contributed by atoms with Crippen LogP contribution in [0.4, 0.5) is 5.69 Å². The maximum absolute atomic E-state index is 12.6. The number of hydrogen-bond donors (Lipinski definition) is 1. The van der Waals surface area contributed by atoms with Crippen molar-refractivity contribution in [3.8, 4) is 0 Å². The van der Waals surface area contributed by atoms with E-state index in [1.807, 2.05) is 13.8 Å². The molecule has 1 atom stereocenters. The SMILES string of the molecule is Cc1cc(C)cc([C@@H]2CCCN2C(=O)C(=O)Nc2cccnc2)c1. The smallest absolute Gasteiger partial charge is 0.313 e. The van der Waals surface area contributed by atoms with Crippen LogP contribution in [0.2, 0.25) is 0 Å². The molecule has 0 saturated carbocycles. The van der Waals surface area contributed by atoms with Crippen LogP contribution < -0.4 is 5.32 Å². The monoisotopic (exact) mass is 323 g/mol. The Morgan fingerprint density at radius 1 is 1.21 bits per heavy atom. The summed E-state index contributed by atoms with van der Waals surface area (Å²) in [6, 6.07) is 9.71. The van der Waals surface area contributed by atoms with Gasteiger partial charge in [0.1, 0.15) is 0 Å². The topological polar surface area (TPSA) is 62.3 Å². The van der Waals surface area contributed by atoms with E-state index in [0.717, 1.165) is 18.4 Å². The highest BCUT2D eigenvalue weighted by Gasteiger charge is 2.33. The molecule has 1 fully saturated rings. The van der Waals surface area contributed by atoms with Crippen LogP contribution in [-0.4, -0.2) is 28.2 Å². The lowest BCUT2D eigenvalue weighted by Crippen LogP contribution is -2.39. The number of aryl methyl sites for hydroxylation is 2. The first kappa shape index (κ1) is 16.2. The zero-order valence-electron chi connectivity index (χ0n) is 14.0. The zero-order chi connectivity index (χ0) is 17.1. The Morgan fingerprint density at radius 2 is 1.96 bits per heavy atom. The molecular formula is C19H21N3O2. The largest absolute Gasteiger partial charge is 0.327 e. The number of anilines is 1. The molecule has 0 radical (unpaired) electrons. The molecule has 2 heterocycles. The zero-order valence-corrected chi connectivity index (χ0v) is 14.0.